The number of aromatic nitrogens is 1. The number of amides is 1. The maximum atomic E-state index is 14.3. The molecule has 47 heavy (non-hydrogen) atoms. The van der Waals surface area contributed by atoms with Crippen LogP contribution in [0.4, 0.5) is 5.69 Å². The van der Waals surface area contributed by atoms with Crippen LogP contribution in [0.1, 0.15) is 36.6 Å². The number of hydrogen-bond acceptors (Lipinski definition) is 7. The number of methoxy groups -OCH3 is 1. The summed E-state index contributed by atoms with van der Waals surface area (Å²) in [6, 6.07) is 29.4. The molecule has 4 aromatic carbocycles. The number of benzene rings is 4. The van der Waals surface area contributed by atoms with Crippen LogP contribution in [0.15, 0.2) is 123 Å². The van der Waals surface area contributed by atoms with Crippen molar-refractivity contribution in [2.45, 2.75) is 26.5 Å². The summed E-state index contributed by atoms with van der Waals surface area (Å²) in [7, 11) is 1.58. The molecule has 0 saturated carbocycles. The van der Waals surface area contributed by atoms with Crippen LogP contribution < -0.4 is 34.4 Å². The van der Waals surface area contributed by atoms with E-state index in [1.54, 1.807) is 24.7 Å². The molecule has 1 aromatic heterocycles. The molecule has 1 atom stereocenters. The Morgan fingerprint density at radius 1 is 0.979 bits per heavy atom. The third-order valence-corrected chi connectivity index (χ3v) is 9.13. The number of carbonyl (C=O) groups is 1. The molecule has 2 heterocycles. The molecule has 8 nitrogen and oxygen atoms in total. The molecular weight excluding hydrogens is 678 g/mol. The van der Waals surface area contributed by atoms with E-state index >= 15 is 0 Å². The fourth-order valence-corrected chi connectivity index (χ4v) is 6.70. The summed E-state index contributed by atoms with van der Waals surface area (Å²) in [5.41, 5.74) is 3.72. The fourth-order valence-electron chi connectivity index (χ4n) is 5.40. The molecule has 0 fully saturated rings. The van der Waals surface area contributed by atoms with E-state index < -0.39 is 6.04 Å². The Morgan fingerprint density at radius 2 is 1.72 bits per heavy atom. The molecule has 5 aromatic rings. The van der Waals surface area contributed by atoms with Gasteiger partial charge in [-0.1, -0.05) is 81.9 Å². The van der Waals surface area contributed by atoms with E-state index in [9.17, 15) is 9.59 Å². The lowest BCUT2D eigenvalue weighted by Gasteiger charge is -2.25. The van der Waals surface area contributed by atoms with E-state index in [1.807, 2.05) is 104 Å². The molecule has 0 aliphatic carbocycles. The van der Waals surface area contributed by atoms with Crippen LogP contribution >= 0.6 is 27.3 Å². The zero-order valence-corrected chi connectivity index (χ0v) is 28.4. The topological polar surface area (TPSA) is 91.2 Å². The average Bonchev–Trinajstić information content (AvgIpc) is 3.38. The quantitative estimate of drug-likeness (QED) is 0.176. The first-order valence-corrected chi connectivity index (χ1v) is 16.6. The van der Waals surface area contributed by atoms with E-state index in [2.05, 4.69) is 21.2 Å². The predicted octanol–water partition coefficient (Wildman–Crippen LogP) is 6.62. The highest BCUT2D eigenvalue weighted by Gasteiger charge is 2.32. The number of anilines is 1. The number of allylic oxidation sites excluding steroid dienone is 1. The number of para-hydroxylation sites is 2. The minimum Gasteiger partial charge on any atom is -0.494 e. The molecule has 1 aliphatic rings. The van der Waals surface area contributed by atoms with Crippen molar-refractivity contribution in [2.24, 2.45) is 4.99 Å². The van der Waals surface area contributed by atoms with Crippen molar-refractivity contribution >= 4 is 44.9 Å². The van der Waals surface area contributed by atoms with Gasteiger partial charge in [0, 0.05) is 15.7 Å². The molecule has 0 saturated heterocycles. The SMILES string of the molecule is CCOc1ccc([C@H]2C(C(=O)Nc3ccccc3)=C(C)N=c3s/c(=C\c4cccc(OC)c4OCc4ccc(Br)cc4)c(=O)n32)cc1. The fraction of sp³-hybridized carbons (Fsp3) is 0.162. The maximum Gasteiger partial charge on any atom is 0.271 e. The first kappa shape index (κ1) is 32.0. The van der Waals surface area contributed by atoms with E-state index in [4.69, 9.17) is 19.2 Å². The lowest BCUT2D eigenvalue weighted by Crippen LogP contribution is -2.40. The number of carbonyl (C=O) groups excluding carboxylic acids is 1. The van der Waals surface area contributed by atoms with E-state index in [0.29, 0.717) is 62.3 Å². The number of rotatable bonds is 10. The van der Waals surface area contributed by atoms with E-state index in [0.717, 1.165) is 15.6 Å². The Bertz CT molecular complexity index is 2120. The highest BCUT2D eigenvalue weighted by molar-refractivity contribution is 9.10. The normalized spacial score (nSPS) is 14.3. The van der Waals surface area contributed by atoms with Gasteiger partial charge >= 0.3 is 0 Å². The summed E-state index contributed by atoms with van der Waals surface area (Å²) in [6.07, 6.45) is 1.79. The van der Waals surface area contributed by atoms with Crippen LogP contribution in [0.25, 0.3) is 6.08 Å². The van der Waals surface area contributed by atoms with E-state index in [1.165, 1.54) is 11.3 Å². The van der Waals surface area contributed by atoms with Crippen molar-refractivity contribution in [1.82, 2.24) is 4.57 Å². The van der Waals surface area contributed by atoms with Gasteiger partial charge in [0.25, 0.3) is 11.5 Å². The summed E-state index contributed by atoms with van der Waals surface area (Å²) in [4.78, 5) is 33.4. The molecular formula is C37H32BrN3O5S. The summed E-state index contributed by atoms with van der Waals surface area (Å²) in [5, 5.41) is 2.99. The zero-order valence-electron chi connectivity index (χ0n) is 26.0. The lowest BCUT2D eigenvalue weighted by molar-refractivity contribution is -0.113. The molecule has 238 valence electrons. The van der Waals surface area contributed by atoms with Crippen molar-refractivity contribution in [2.75, 3.05) is 19.0 Å². The summed E-state index contributed by atoms with van der Waals surface area (Å²) in [5.74, 6) is 1.44. The van der Waals surface area contributed by atoms with Crippen LogP contribution in [-0.2, 0) is 11.4 Å². The monoisotopic (exact) mass is 709 g/mol. The number of halogens is 1. The standard InChI is InChI=1S/C37H32BrN3O5S/c1-4-45-29-19-15-25(16-20-29)33-32(35(42)40-28-10-6-5-7-11-28)23(2)39-37-41(33)36(43)31(47-37)21-26-9-8-12-30(44-3)34(26)46-22-24-13-17-27(38)18-14-24/h5-21,33H,4,22H2,1-3H3,(H,40,42)/b31-21-/t33-/m0/s1. The van der Waals surface area contributed by atoms with Crippen molar-refractivity contribution < 1.29 is 19.0 Å². The minimum atomic E-state index is -0.716. The highest BCUT2D eigenvalue weighted by Crippen LogP contribution is 2.34. The molecule has 1 amide bonds. The Labute approximate surface area is 284 Å². The molecule has 0 bridgehead atoms. The molecule has 0 spiro atoms. The summed E-state index contributed by atoms with van der Waals surface area (Å²) >= 11 is 4.73. The van der Waals surface area contributed by atoms with Gasteiger partial charge < -0.3 is 19.5 Å². The van der Waals surface area contributed by atoms with Crippen molar-refractivity contribution in [1.29, 1.82) is 0 Å². The smallest absolute Gasteiger partial charge is 0.271 e. The van der Waals surface area contributed by atoms with Crippen molar-refractivity contribution in [3.05, 3.63) is 149 Å². The number of nitrogens with one attached hydrogen (secondary N) is 1. The average molecular weight is 711 g/mol. The van der Waals surface area contributed by atoms with Gasteiger partial charge in [0.05, 0.1) is 35.6 Å². The minimum absolute atomic E-state index is 0.271. The van der Waals surface area contributed by atoms with Crippen LogP contribution in [0.5, 0.6) is 17.2 Å². The number of fused-ring (bicyclic) bond motifs is 1. The van der Waals surface area contributed by atoms with Crippen molar-refractivity contribution in [3.8, 4) is 17.2 Å². The first-order valence-electron chi connectivity index (χ1n) is 15.0. The Morgan fingerprint density at radius 3 is 2.43 bits per heavy atom. The Balaban J connectivity index is 1.45. The molecule has 1 aliphatic heterocycles. The third kappa shape index (κ3) is 6.94. The summed E-state index contributed by atoms with van der Waals surface area (Å²) in [6.45, 7) is 4.56. The molecule has 10 heteroatoms. The van der Waals surface area contributed by atoms with Gasteiger partial charge in [-0.05, 0) is 73.5 Å². The highest BCUT2D eigenvalue weighted by atomic mass is 79.9. The molecule has 0 unspecified atom stereocenters. The maximum absolute atomic E-state index is 14.3. The number of nitrogens with zero attached hydrogens (tertiary/aromatic N) is 2. The number of thiazole rings is 1. The van der Waals surface area contributed by atoms with Gasteiger partial charge in [-0.3, -0.25) is 14.2 Å². The lowest BCUT2D eigenvalue weighted by atomic mass is 9.95. The second-order valence-corrected chi connectivity index (χ2v) is 12.6. The third-order valence-electron chi connectivity index (χ3n) is 7.62. The zero-order chi connectivity index (χ0) is 32.9. The van der Waals surface area contributed by atoms with Crippen molar-refractivity contribution in [3.63, 3.8) is 0 Å². The Kier molecular flexibility index (Phi) is 9.70. The molecule has 0 radical (unpaired) electrons. The largest absolute Gasteiger partial charge is 0.494 e. The van der Waals surface area contributed by atoms with Gasteiger partial charge in [0.2, 0.25) is 0 Å². The number of ether oxygens (including phenoxy) is 3. The van der Waals surface area contributed by atoms with Crippen LogP contribution in [0.2, 0.25) is 0 Å². The second kappa shape index (κ2) is 14.2. The van der Waals surface area contributed by atoms with Gasteiger partial charge in [0.1, 0.15) is 12.4 Å². The van der Waals surface area contributed by atoms with Gasteiger partial charge in [0.15, 0.2) is 16.3 Å². The van der Waals surface area contributed by atoms with Crippen LogP contribution in [0.3, 0.4) is 0 Å². The van der Waals surface area contributed by atoms with E-state index in [-0.39, 0.29) is 11.5 Å². The first-order chi connectivity index (χ1) is 22.9. The second-order valence-electron chi connectivity index (χ2n) is 10.7. The van der Waals surface area contributed by atoms with Crippen LogP contribution in [-0.4, -0.2) is 24.2 Å². The molecule has 1 N–H and O–H groups in total. The number of hydrogen-bond donors (Lipinski definition) is 1. The van der Waals surface area contributed by atoms with Gasteiger partial charge in [-0.25, -0.2) is 4.99 Å². The van der Waals surface area contributed by atoms with Crippen LogP contribution in [0, 0.1) is 0 Å². The Hall–Kier alpha value is -4.93. The van der Waals surface area contributed by atoms with Gasteiger partial charge in [-0.2, -0.15) is 0 Å². The summed E-state index contributed by atoms with van der Waals surface area (Å²) < 4.78 is 20.6. The molecule has 6 rings (SSSR count). The predicted molar refractivity (Wildman–Crippen MR) is 188 cm³/mol. The van der Waals surface area contributed by atoms with Gasteiger partial charge in [-0.15, -0.1) is 0 Å².